The van der Waals surface area contributed by atoms with E-state index in [0.29, 0.717) is 11.4 Å². The smallest absolute Gasteiger partial charge is 0.287 e. The van der Waals surface area contributed by atoms with Crippen molar-refractivity contribution in [1.29, 1.82) is 0 Å². The first-order valence-corrected chi connectivity index (χ1v) is 8.73. The third-order valence-electron chi connectivity index (χ3n) is 4.32. The molecule has 0 saturated carbocycles. The van der Waals surface area contributed by atoms with Crippen molar-refractivity contribution < 1.29 is 13.2 Å². The Morgan fingerprint density at radius 2 is 1.59 bits per heavy atom. The summed E-state index contributed by atoms with van der Waals surface area (Å²) in [5, 5.41) is 8.74. The number of benzene rings is 2. The second-order valence-electron chi connectivity index (χ2n) is 6.44. The van der Waals surface area contributed by atoms with E-state index in [1.165, 1.54) is 29.1 Å². The molecule has 5 nitrogen and oxygen atoms in total. The van der Waals surface area contributed by atoms with Crippen molar-refractivity contribution in [1.82, 2.24) is 19.6 Å². The molecule has 29 heavy (non-hydrogen) atoms. The maximum absolute atomic E-state index is 13.0. The second-order valence-corrected chi connectivity index (χ2v) is 6.44. The molecule has 0 radical (unpaired) electrons. The number of hydrogen-bond donors (Lipinski definition) is 0. The van der Waals surface area contributed by atoms with Gasteiger partial charge in [-0.1, -0.05) is 24.3 Å². The third kappa shape index (κ3) is 3.69. The summed E-state index contributed by atoms with van der Waals surface area (Å²) in [5.74, 6) is 0. The molecule has 146 valence electrons. The van der Waals surface area contributed by atoms with Crippen molar-refractivity contribution >= 4 is 0 Å². The van der Waals surface area contributed by atoms with Gasteiger partial charge >= 0.3 is 6.18 Å². The van der Waals surface area contributed by atoms with E-state index in [0.717, 1.165) is 17.8 Å². The van der Waals surface area contributed by atoms with Gasteiger partial charge < -0.3 is 0 Å². The number of rotatable bonds is 3. The number of alkyl halides is 3. The largest absolute Gasteiger partial charge is 0.416 e. The fourth-order valence-electron chi connectivity index (χ4n) is 2.99. The van der Waals surface area contributed by atoms with E-state index in [1.54, 1.807) is 17.7 Å². The number of aryl methyl sites for hydroxylation is 1. The van der Waals surface area contributed by atoms with Crippen LogP contribution in [0.5, 0.6) is 0 Å². The Bertz CT molecular complexity index is 1230. The molecule has 0 bridgehead atoms. The van der Waals surface area contributed by atoms with Crippen molar-refractivity contribution in [2.45, 2.75) is 13.1 Å². The van der Waals surface area contributed by atoms with E-state index >= 15 is 0 Å². The van der Waals surface area contributed by atoms with Crippen LogP contribution in [0.2, 0.25) is 0 Å². The molecule has 0 N–H and O–H groups in total. The quantitative estimate of drug-likeness (QED) is 0.515. The summed E-state index contributed by atoms with van der Waals surface area (Å²) in [6.07, 6.45) is -3.13. The first-order chi connectivity index (χ1) is 13.8. The van der Waals surface area contributed by atoms with Crippen molar-refractivity contribution in [2.24, 2.45) is 0 Å². The highest BCUT2D eigenvalue weighted by molar-refractivity contribution is 5.58. The van der Waals surface area contributed by atoms with Crippen molar-refractivity contribution in [3.63, 3.8) is 0 Å². The molecule has 0 saturated heterocycles. The van der Waals surface area contributed by atoms with E-state index < -0.39 is 11.7 Å². The Morgan fingerprint density at radius 1 is 0.862 bits per heavy atom. The van der Waals surface area contributed by atoms with Crippen LogP contribution in [0.25, 0.3) is 22.8 Å². The summed E-state index contributed by atoms with van der Waals surface area (Å²) >= 11 is 0. The molecule has 2 aromatic carbocycles. The maximum Gasteiger partial charge on any atom is 0.416 e. The Balaban J connectivity index is 1.86. The summed E-state index contributed by atoms with van der Waals surface area (Å²) in [4.78, 5) is 12.5. The summed E-state index contributed by atoms with van der Waals surface area (Å²) in [5.41, 5.74) is 1.02. The number of halogens is 3. The highest BCUT2D eigenvalue weighted by Crippen LogP contribution is 2.30. The summed E-state index contributed by atoms with van der Waals surface area (Å²) in [6, 6.07) is 17.0. The zero-order valence-corrected chi connectivity index (χ0v) is 15.3. The Morgan fingerprint density at radius 3 is 2.31 bits per heavy atom. The van der Waals surface area contributed by atoms with Gasteiger partial charge in [0.1, 0.15) is 0 Å². The second kappa shape index (κ2) is 7.05. The van der Waals surface area contributed by atoms with Gasteiger partial charge in [-0.05, 0) is 43.3 Å². The van der Waals surface area contributed by atoms with Crippen LogP contribution < -0.4 is 5.43 Å². The van der Waals surface area contributed by atoms with E-state index in [1.807, 2.05) is 30.3 Å². The van der Waals surface area contributed by atoms with E-state index in [2.05, 4.69) is 10.2 Å². The molecule has 0 aliphatic rings. The van der Waals surface area contributed by atoms with Gasteiger partial charge in [0.25, 0.3) is 0 Å². The SMILES string of the molecule is Cc1cc(-c2nn(-c3cccc(C(F)(F)F)c3)ccc2=O)n(-c2ccccc2)n1. The minimum atomic E-state index is -4.47. The van der Waals surface area contributed by atoms with Crippen LogP contribution in [0.1, 0.15) is 11.3 Å². The molecule has 8 heteroatoms. The van der Waals surface area contributed by atoms with Crippen LogP contribution in [-0.4, -0.2) is 19.6 Å². The van der Waals surface area contributed by atoms with E-state index in [4.69, 9.17) is 0 Å². The van der Waals surface area contributed by atoms with Gasteiger partial charge in [-0.2, -0.15) is 23.4 Å². The zero-order valence-electron chi connectivity index (χ0n) is 15.3. The molecular formula is C21H15F3N4O. The predicted molar refractivity (Wildman–Crippen MR) is 102 cm³/mol. The summed E-state index contributed by atoms with van der Waals surface area (Å²) in [6.45, 7) is 1.79. The van der Waals surface area contributed by atoms with E-state index in [9.17, 15) is 18.0 Å². The lowest BCUT2D eigenvalue weighted by Crippen LogP contribution is -2.15. The van der Waals surface area contributed by atoms with Gasteiger partial charge in [-0.25, -0.2) is 9.36 Å². The predicted octanol–water partition coefficient (Wildman–Crippen LogP) is 4.41. The van der Waals surface area contributed by atoms with Gasteiger partial charge in [0.05, 0.1) is 28.3 Å². The minimum Gasteiger partial charge on any atom is -0.287 e. The summed E-state index contributed by atoms with van der Waals surface area (Å²) < 4.78 is 42.0. The molecule has 4 rings (SSSR count). The topological polar surface area (TPSA) is 52.7 Å². The van der Waals surface area contributed by atoms with Gasteiger partial charge in [-0.3, -0.25) is 4.79 Å². The molecule has 0 unspecified atom stereocenters. The van der Waals surface area contributed by atoms with Crippen molar-refractivity contribution in [2.75, 3.05) is 0 Å². The molecule has 0 atom stereocenters. The summed E-state index contributed by atoms with van der Waals surface area (Å²) in [7, 11) is 0. The Hall–Kier alpha value is -3.68. The third-order valence-corrected chi connectivity index (χ3v) is 4.32. The molecular weight excluding hydrogens is 381 g/mol. The van der Waals surface area contributed by atoms with Gasteiger partial charge in [-0.15, -0.1) is 0 Å². The minimum absolute atomic E-state index is 0.0920. The monoisotopic (exact) mass is 396 g/mol. The Labute approximate surface area is 163 Å². The highest BCUT2D eigenvalue weighted by atomic mass is 19.4. The van der Waals surface area contributed by atoms with Crippen molar-refractivity contribution in [3.8, 4) is 22.8 Å². The fraction of sp³-hybridized carbons (Fsp3) is 0.0952. The fourth-order valence-corrected chi connectivity index (χ4v) is 2.99. The van der Waals surface area contributed by atoms with Crippen LogP contribution >= 0.6 is 0 Å². The van der Waals surface area contributed by atoms with Crippen LogP contribution in [0, 0.1) is 6.92 Å². The zero-order chi connectivity index (χ0) is 20.6. The number of para-hydroxylation sites is 1. The standard InChI is InChI=1S/C21H15F3N4O/c1-14-12-18(28(25-14)16-7-3-2-4-8-16)20-19(29)10-11-27(26-20)17-9-5-6-15(13-17)21(22,23)24/h2-13H,1H3. The van der Waals surface area contributed by atoms with Crippen LogP contribution in [0.4, 0.5) is 13.2 Å². The van der Waals surface area contributed by atoms with Crippen LogP contribution in [-0.2, 0) is 6.18 Å². The normalized spacial score (nSPS) is 11.6. The lowest BCUT2D eigenvalue weighted by Gasteiger charge is -2.12. The highest BCUT2D eigenvalue weighted by Gasteiger charge is 2.30. The molecule has 2 heterocycles. The molecule has 0 fully saturated rings. The first kappa shape index (κ1) is 18.7. The molecule has 4 aromatic rings. The lowest BCUT2D eigenvalue weighted by atomic mass is 10.2. The molecule has 2 aromatic heterocycles. The molecule has 0 aliphatic heterocycles. The first-order valence-electron chi connectivity index (χ1n) is 8.73. The van der Waals surface area contributed by atoms with Gasteiger partial charge in [0.15, 0.2) is 5.69 Å². The number of hydrogen-bond acceptors (Lipinski definition) is 3. The van der Waals surface area contributed by atoms with Crippen molar-refractivity contribution in [3.05, 3.63) is 94.4 Å². The average Bonchev–Trinajstić information content (AvgIpc) is 3.10. The molecule has 0 aliphatic carbocycles. The maximum atomic E-state index is 13.0. The van der Waals surface area contributed by atoms with Gasteiger partial charge in [0.2, 0.25) is 5.43 Å². The van der Waals surface area contributed by atoms with E-state index in [-0.39, 0.29) is 16.8 Å². The van der Waals surface area contributed by atoms with Crippen LogP contribution in [0.3, 0.4) is 0 Å². The molecule has 0 spiro atoms. The number of aromatic nitrogens is 4. The Kier molecular flexibility index (Phi) is 4.54. The lowest BCUT2D eigenvalue weighted by molar-refractivity contribution is -0.137. The average molecular weight is 396 g/mol. The van der Waals surface area contributed by atoms with Gasteiger partial charge in [0, 0.05) is 12.3 Å². The van der Waals surface area contributed by atoms with Crippen LogP contribution in [0.15, 0.2) is 77.7 Å². The number of nitrogens with zero attached hydrogens (tertiary/aromatic N) is 4. The molecule has 0 amide bonds.